The Morgan fingerprint density at radius 2 is 1.79 bits per heavy atom. The quantitative estimate of drug-likeness (QED) is 0.197. The predicted octanol–water partition coefficient (Wildman–Crippen LogP) is 9.11. The minimum atomic E-state index is 0.0542. The Hall–Kier alpha value is -2.88. The van der Waals surface area contributed by atoms with Crippen molar-refractivity contribution >= 4 is 10.9 Å². The summed E-state index contributed by atoms with van der Waals surface area (Å²) in [6.45, 7) is 29.6. The fourth-order valence-electron chi connectivity index (χ4n) is 7.25. The number of aromatic nitrogens is 1. The maximum absolute atomic E-state index is 4.78. The molecule has 5 atom stereocenters. The number of hydrogen-bond donors (Lipinski definition) is 2. The van der Waals surface area contributed by atoms with Gasteiger partial charge in [-0.1, -0.05) is 90.1 Å². The van der Waals surface area contributed by atoms with E-state index in [2.05, 4.69) is 91.4 Å². The van der Waals surface area contributed by atoms with Gasteiger partial charge in [-0.25, -0.2) is 0 Å². The van der Waals surface area contributed by atoms with Gasteiger partial charge >= 0.3 is 0 Å². The highest BCUT2D eigenvalue weighted by Crippen LogP contribution is 2.36. The van der Waals surface area contributed by atoms with E-state index in [4.69, 9.17) is 13.2 Å². The molecule has 42 heavy (non-hydrogen) atoms. The molecule has 2 aromatic rings. The molecule has 1 aromatic heterocycles. The normalized spacial score (nSPS) is 24.2. The Kier molecular flexibility index (Phi) is 11.5. The fourth-order valence-corrected chi connectivity index (χ4v) is 7.25. The predicted molar refractivity (Wildman–Crippen MR) is 182 cm³/mol. The van der Waals surface area contributed by atoms with E-state index in [1.807, 2.05) is 0 Å². The third-order valence-corrected chi connectivity index (χ3v) is 10.2. The van der Waals surface area contributed by atoms with E-state index in [-0.39, 0.29) is 12.1 Å². The van der Waals surface area contributed by atoms with Crippen LogP contribution in [0.3, 0.4) is 0 Å². The Morgan fingerprint density at radius 1 is 1.00 bits per heavy atom. The molecule has 230 valence electrons. The number of hydrogen-bond acceptors (Lipinski definition) is 3. The van der Waals surface area contributed by atoms with Gasteiger partial charge in [0.05, 0.1) is 12.1 Å². The maximum atomic E-state index is 4.78. The number of nitrogens with zero attached hydrogens (tertiary/aromatic N) is 2. The van der Waals surface area contributed by atoms with Crippen LogP contribution in [0.1, 0.15) is 97.5 Å². The van der Waals surface area contributed by atoms with Crippen molar-refractivity contribution in [1.29, 1.82) is 0 Å². The summed E-state index contributed by atoms with van der Waals surface area (Å²) >= 11 is 0. The number of rotatable bonds is 12. The van der Waals surface area contributed by atoms with Gasteiger partial charge in [0.1, 0.15) is 0 Å². The van der Waals surface area contributed by atoms with Gasteiger partial charge in [0.2, 0.25) is 0 Å². The van der Waals surface area contributed by atoms with Crippen molar-refractivity contribution in [3.05, 3.63) is 85.0 Å². The van der Waals surface area contributed by atoms with Crippen molar-refractivity contribution in [3.63, 3.8) is 0 Å². The van der Waals surface area contributed by atoms with Crippen LogP contribution in [0.4, 0.5) is 0 Å². The summed E-state index contributed by atoms with van der Waals surface area (Å²) in [5, 5.41) is 9.24. The highest BCUT2D eigenvalue weighted by Gasteiger charge is 2.37. The number of unbranched alkanes of at least 4 members (excludes halogenated alkanes) is 2. The average Bonchev–Trinajstić information content (AvgIpc) is 3.37. The van der Waals surface area contributed by atoms with E-state index < -0.39 is 0 Å². The zero-order valence-corrected chi connectivity index (χ0v) is 27.2. The second-order valence-corrected chi connectivity index (χ2v) is 13.0. The molecule has 0 saturated carbocycles. The summed E-state index contributed by atoms with van der Waals surface area (Å²) in [4.78, 5) is 2.66. The summed E-state index contributed by atoms with van der Waals surface area (Å²) < 4.78 is 2.37. The molecule has 2 fully saturated rings. The zero-order chi connectivity index (χ0) is 30.2. The van der Waals surface area contributed by atoms with Gasteiger partial charge in [-0.3, -0.25) is 0 Å². The van der Waals surface area contributed by atoms with E-state index in [9.17, 15) is 0 Å². The molecule has 2 saturated heterocycles. The number of fused-ring (bicyclic) bond motifs is 2. The number of piperidine rings is 1. The molecule has 2 aliphatic rings. The Morgan fingerprint density at radius 3 is 2.52 bits per heavy atom. The van der Waals surface area contributed by atoms with Crippen LogP contribution in [0.2, 0.25) is 0 Å². The van der Waals surface area contributed by atoms with Gasteiger partial charge in [-0.05, 0) is 69.4 Å². The molecule has 0 amide bonds. The minimum absolute atomic E-state index is 0.0542. The lowest BCUT2D eigenvalue weighted by molar-refractivity contribution is 0.122. The minimum Gasteiger partial charge on any atom is -0.380 e. The third-order valence-electron chi connectivity index (χ3n) is 10.2. The average molecular weight is 571 g/mol. The summed E-state index contributed by atoms with van der Waals surface area (Å²) in [5.41, 5.74) is 7.51. The molecular formula is C38H58N4. The first kappa shape index (κ1) is 32.0. The molecule has 2 N–H and O–H groups in total. The Balaban J connectivity index is 1.65. The van der Waals surface area contributed by atoms with Crippen LogP contribution in [0.15, 0.2) is 79.4 Å². The van der Waals surface area contributed by atoms with Crippen LogP contribution in [0.5, 0.6) is 0 Å². The standard InChI is InChI=1S/C38H58N4/c1-9-27(4)19-13-12-14-20-33-29(6)39-35(25-32-26-41(11-3)36-22-16-15-21-34(32)36)30(7)40-38(28(5)10-2)31(8)42-24-18-17-23-37(33)42/h15-16,21-22,26,28,33,35,37-40H,4,6-14,17-20,23-25H2,1-3,5H3. The lowest BCUT2D eigenvalue weighted by Crippen LogP contribution is -2.54. The number of nitrogens with one attached hydrogen (secondary N) is 2. The number of aryl methyl sites for hydroxylation is 1. The molecule has 4 heteroatoms. The SMILES string of the molecule is C=C(CC)CCCCCC1C(=C)NC(Cc2cn(CC)c3ccccc23)C(=C)NC(C(C)CC)C(=C)N2CCCCC12. The lowest BCUT2D eigenvalue weighted by atomic mass is 9.82. The topological polar surface area (TPSA) is 32.2 Å². The monoisotopic (exact) mass is 570 g/mol. The number of allylic oxidation sites excluding steroid dienone is 1. The van der Waals surface area contributed by atoms with E-state index >= 15 is 0 Å². The molecule has 0 spiro atoms. The van der Waals surface area contributed by atoms with Crippen LogP contribution in [-0.2, 0) is 13.0 Å². The van der Waals surface area contributed by atoms with Crippen molar-refractivity contribution in [2.24, 2.45) is 11.8 Å². The van der Waals surface area contributed by atoms with Gasteiger partial charge in [0, 0.05) is 65.7 Å². The van der Waals surface area contributed by atoms with Crippen LogP contribution in [0, 0.1) is 11.8 Å². The summed E-state index contributed by atoms with van der Waals surface area (Å²) in [5.74, 6) is 0.853. The second-order valence-electron chi connectivity index (χ2n) is 13.0. The lowest BCUT2D eigenvalue weighted by Gasteiger charge is -2.48. The first-order valence-electron chi connectivity index (χ1n) is 16.9. The molecule has 4 rings (SSSR count). The molecule has 0 radical (unpaired) electrons. The Bertz CT molecular complexity index is 1230. The second kappa shape index (κ2) is 15.0. The third kappa shape index (κ3) is 7.36. The molecule has 0 aliphatic carbocycles. The first-order chi connectivity index (χ1) is 20.3. The molecule has 4 nitrogen and oxygen atoms in total. The summed E-state index contributed by atoms with van der Waals surface area (Å²) in [6.07, 6.45) is 15.2. The molecule has 0 bridgehead atoms. The summed E-state index contributed by atoms with van der Waals surface area (Å²) in [7, 11) is 0. The van der Waals surface area contributed by atoms with Crippen molar-refractivity contribution in [2.75, 3.05) is 6.54 Å². The molecule has 1 aromatic carbocycles. The highest BCUT2D eigenvalue weighted by molar-refractivity contribution is 5.84. The van der Waals surface area contributed by atoms with Crippen molar-refractivity contribution in [3.8, 4) is 0 Å². The zero-order valence-electron chi connectivity index (χ0n) is 27.2. The van der Waals surface area contributed by atoms with Crippen LogP contribution in [-0.4, -0.2) is 34.1 Å². The largest absolute Gasteiger partial charge is 0.380 e. The van der Waals surface area contributed by atoms with E-state index in [0.717, 1.165) is 50.9 Å². The smallest absolute Gasteiger partial charge is 0.0691 e. The van der Waals surface area contributed by atoms with Crippen LogP contribution in [0.25, 0.3) is 10.9 Å². The van der Waals surface area contributed by atoms with Crippen LogP contribution < -0.4 is 10.6 Å². The maximum Gasteiger partial charge on any atom is 0.0691 e. The van der Waals surface area contributed by atoms with Gasteiger partial charge in [-0.15, -0.1) is 0 Å². The molecule has 2 aliphatic heterocycles. The van der Waals surface area contributed by atoms with Crippen molar-refractivity contribution in [1.82, 2.24) is 20.1 Å². The van der Waals surface area contributed by atoms with E-state index in [1.165, 1.54) is 72.0 Å². The van der Waals surface area contributed by atoms with Crippen molar-refractivity contribution < 1.29 is 0 Å². The summed E-state index contributed by atoms with van der Waals surface area (Å²) in [6, 6.07) is 9.48. The van der Waals surface area contributed by atoms with Gasteiger partial charge < -0.3 is 20.1 Å². The van der Waals surface area contributed by atoms with Crippen LogP contribution >= 0.6 is 0 Å². The first-order valence-corrected chi connectivity index (χ1v) is 16.9. The fraction of sp³-hybridized carbons (Fsp3) is 0.579. The van der Waals surface area contributed by atoms with Gasteiger partial charge in [0.25, 0.3) is 0 Å². The van der Waals surface area contributed by atoms with Gasteiger partial charge in [0.15, 0.2) is 0 Å². The molecule has 5 unspecified atom stereocenters. The molecule has 3 heterocycles. The highest BCUT2D eigenvalue weighted by atomic mass is 15.2. The number of benzene rings is 1. The van der Waals surface area contributed by atoms with E-state index in [1.54, 1.807) is 0 Å². The van der Waals surface area contributed by atoms with E-state index in [0.29, 0.717) is 17.9 Å². The molecular weight excluding hydrogens is 512 g/mol. The van der Waals surface area contributed by atoms with Crippen molar-refractivity contribution in [2.45, 2.75) is 123 Å². The van der Waals surface area contributed by atoms with Gasteiger partial charge in [-0.2, -0.15) is 0 Å². The number of para-hydroxylation sites is 1. The Labute approximate surface area is 257 Å².